The zero-order valence-electron chi connectivity index (χ0n) is 14.7. The average Bonchev–Trinajstić information content (AvgIpc) is 2.62. The number of rotatable bonds is 15. The van der Waals surface area contributed by atoms with E-state index in [9.17, 15) is 4.79 Å². The van der Waals surface area contributed by atoms with Crippen molar-refractivity contribution >= 4 is 5.97 Å². The number of hydrogen-bond donors (Lipinski definition) is 0. The van der Waals surface area contributed by atoms with Crippen LogP contribution in [0.15, 0.2) is 30.3 Å². The second kappa shape index (κ2) is 15.1. The van der Waals surface area contributed by atoms with Crippen LogP contribution in [0.2, 0.25) is 0 Å². The number of ether oxygens (including phenoxy) is 4. The molecule has 0 unspecified atom stereocenters. The van der Waals surface area contributed by atoms with Gasteiger partial charge in [0, 0.05) is 6.61 Å². The van der Waals surface area contributed by atoms with Crippen molar-refractivity contribution in [3.63, 3.8) is 0 Å². The Labute approximate surface area is 145 Å². The predicted molar refractivity (Wildman–Crippen MR) is 93.3 cm³/mol. The maximum atomic E-state index is 11.6. The molecular formula is C19H30O5. The van der Waals surface area contributed by atoms with Crippen LogP contribution in [0.1, 0.15) is 43.0 Å². The van der Waals surface area contributed by atoms with Gasteiger partial charge >= 0.3 is 5.97 Å². The third kappa shape index (κ3) is 11.2. The third-order valence-corrected chi connectivity index (χ3v) is 3.36. The summed E-state index contributed by atoms with van der Waals surface area (Å²) in [4.78, 5) is 11.6. The number of esters is 1. The highest BCUT2D eigenvalue weighted by Crippen LogP contribution is 2.00. The lowest BCUT2D eigenvalue weighted by atomic mass is 10.2. The molecule has 0 aliphatic heterocycles. The van der Waals surface area contributed by atoms with Crippen LogP contribution in [0, 0.1) is 0 Å². The van der Waals surface area contributed by atoms with Gasteiger partial charge in [0.25, 0.3) is 0 Å². The normalized spacial score (nSPS) is 10.7. The highest BCUT2D eigenvalue weighted by Gasteiger charge is 2.04. The largest absolute Gasteiger partial charge is 0.460 e. The van der Waals surface area contributed by atoms with Crippen LogP contribution < -0.4 is 0 Å². The summed E-state index contributed by atoms with van der Waals surface area (Å²) in [6.07, 6.45) is 4.88. The molecule has 0 bridgehead atoms. The molecule has 0 N–H and O–H groups in total. The summed E-state index contributed by atoms with van der Waals surface area (Å²) in [7, 11) is 0. The third-order valence-electron chi connectivity index (χ3n) is 3.36. The molecule has 5 heteroatoms. The van der Waals surface area contributed by atoms with Gasteiger partial charge in [0.05, 0.1) is 38.6 Å². The molecular weight excluding hydrogens is 308 g/mol. The molecule has 0 aliphatic carbocycles. The van der Waals surface area contributed by atoms with E-state index in [4.69, 9.17) is 18.9 Å². The summed E-state index contributed by atoms with van der Waals surface area (Å²) in [5.41, 5.74) is 0.551. The molecule has 24 heavy (non-hydrogen) atoms. The number of carbonyl (C=O) groups is 1. The molecule has 0 radical (unpaired) electrons. The Kier molecular flexibility index (Phi) is 13.0. The van der Waals surface area contributed by atoms with E-state index in [1.54, 1.807) is 24.3 Å². The molecule has 0 heterocycles. The Morgan fingerprint density at radius 2 is 1.33 bits per heavy atom. The van der Waals surface area contributed by atoms with Gasteiger partial charge in [0.1, 0.15) is 6.61 Å². The first-order chi connectivity index (χ1) is 11.8. The zero-order chi connectivity index (χ0) is 17.3. The van der Waals surface area contributed by atoms with E-state index in [2.05, 4.69) is 6.92 Å². The van der Waals surface area contributed by atoms with Gasteiger partial charge in [-0.2, -0.15) is 0 Å². The highest BCUT2D eigenvalue weighted by molar-refractivity contribution is 5.89. The second-order valence-electron chi connectivity index (χ2n) is 5.40. The van der Waals surface area contributed by atoms with Crippen molar-refractivity contribution in [2.75, 3.05) is 46.2 Å². The molecule has 0 saturated heterocycles. The summed E-state index contributed by atoms with van der Waals surface area (Å²) in [6.45, 7) is 5.84. The Morgan fingerprint density at radius 1 is 0.750 bits per heavy atom. The summed E-state index contributed by atoms with van der Waals surface area (Å²) in [5.74, 6) is -0.327. The maximum absolute atomic E-state index is 11.6. The number of carbonyl (C=O) groups excluding carboxylic acids is 1. The lowest BCUT2D eigenvalue weighted by molar-refractivity contribution is 0.000190. The zero-order valence-corrected chi connectivity index (χ0v) is 14.7. The molecule has 0 aromatic heterocycles. The van der Waals surface area contributed by atoms with E-state index in [0.29, 0.717) is 38.6 Å². The molecule has 1 aromatic carbocycles. The van der Waals surface area contributed by atoms with Crippen molar-refractivity contribution in [1.29, 1.82) is 0 Å². The van der Waals surface area contributed by atoms with Crippen LogP contribution in [-0.2, 0) is 18.9 Å². The van der Waals surface area contributed by atoms with Crippen molar-refractivity contribution < 1.29 is 23.7 Å². The Balaban J connectivity index is 1.80. The van der Waals surface area contributed by atoms with Gasteiger partial charge in [0.2, 0.25) is 0 Å². The minimum atomic E-state index is -0.327. The second-order valence-corrected chi connectivity index (χ2v) is 5.40. The van der Waals surface area contributed by atoms with Gasteiger partial charge in [-0.3, -0.25) is 0 Å². The van der Waals surface area contributed by atoms with Gasteiger partial charge in [-0.1, -0.05) is 44.4 Å². The molecule has 0 saturated carbocycles. The van der Waals surface area contributed by atoms with E-state index in [1.165, 1.54) is 19.3 Å². The topological polar surface area (TPSA) is 54.0 Å². The quantitative estimate of drug-likeness (QED) is 0.362. The lowest BCUT2D eigenvalue weighted by Crippen LogP contribution is -2.14. The van der Waals surface area contributed by atoms with Crippen LogP contribution in [0.5, 0.6) is 0 Å². The number of hydrogen-bond acceptors (Lipinski definition) is 5. The standard InChI is InChI=1S/C19H30O5/c1-2-3-4-8-11-21-12-13-22-14-15-23-16-17-24-19(20)18-9-6-5-7-10-18/h5-7,9-10H,2-4,8,11-17H2,1H3. The number of unbranched alkanes of at least 4 members (excludes halogenated alkanes) is 3. The summed E-state index contributed by atoms with van der Waals surface area (Å²) < 4.78 is 21.3. The molecule has 0 spiro atoms. The first kappa shape index (κ1) is 20.6. The minimum Gasteiger partial charge on any atom is -0.460 e. The Morgan fingerprint density at radius 3 is 1.96 bits per heavy atom. The van der Waals surface area contributed by atoms with Crippen LogP contribution in [0.25, 0.3) is 0 Å². The van der Waals surface area contributed by atoms with Crippen molar-refractivity contribution in [3.8, 4) is 0 Å². The van der Waals surface area contributed by atoms with E-state index in [1.807, 2.05) is 6.07 Å². The fourth-order valence-corrected chi connectivity index (χ4v) is 2.02. The van der Waals surface area contributed by atoms with Gasteiger partial charge in [-0.05, 0) is 18.6 Å². The monoisotopic (exact) mass is 338 g/mol. The average molecular weight is 338 g/mol. The smallest absolute Gasteiger partial charge is 0.338 e. The van der Waals surface area contributed by atoms with Gasteiger partial charge in [-0.25, -0.2) is 4.79 Å². The molecule has 0 atom stereocenters. The summed E-state index contributed by atoms with van der Waals surface area (Å²) >= 11 is 0. The molecule has 0 fully saturated rings. The molecule has 0 amide bonds. The highest BCUT2D eigenvalue weighted by atomic mass is 16.6. The first-order valence-corrected chi connectivity index (χ1v) is 8.80. The van der Waals surface area contributed by atoms with Crippen molar-refractivity contribution in [3.05, 3.63) is 35.9 Å². The number of benzene rings is 1. The van der Waals surface area contributed by atoms with E-state index in [-0.39, 0.29) is 12.6 Å². The van der Waals surface area contributed by atoms with Crippen molar-refractivity contribution in [2.24, 2.45) is 0 Å². The summed E-state index contributed by atoms with van der Waals surface area (Å²) in [6, 6.07) is 8.92. The van der Waals surface area contributed by atoms with Crippen LogP contribution in [0.3, 0.4) is 0 Å². The van der Waals surface area contributed by atoms with Crippen LogP contribution in [0.4, 0.5) is 0 Å². The molecule has 0 aliphatic rings. The lowest BCUT2D eigenvalue weighted by Gasteiger charge is -2.07. The maximum Gasteiger partial charge on any atom is 0.338 e. The fraction of sp³-hybridized carbons (Fsp3) is 0.632. The molecule has 5 nitrogen and oxygen atoms in total. The van der Waals surface area contributed by atoms with Gasteiger partial charge in [0.15, 0.2) is 0 Å². The van der Waals surface area contributed by atoms with Gasteiger partial charge in [-0.15, -0.1) is 0 Å². The van der Waals surface area contributed by atoms with Crippen molar-refractivity contribution in [2.45, 2.75) is 32.6 Å². The molecule has 136 valence electrons. The fourth-order valence-electron chi connectivity index (χ4n) is 2.02. The molecule has 1 aromatic rings. The molecule has 1 rings (SSSR count). The van der Waals surface area contributed by atoms with Crippen molar-refractivity contribution in [1.82, 2.24) is 0 Å². The SMILES string of the molecule is CCCCCCOCCOCCOCCOC(=O)c1ccccc1. The Bertz CT molecular complexity index is 407. The predicted octanol–water partition coefficient (Wildman–Crippen LogP) is 3.47. The van der Waals surface area contributed by atoms with Crippen LogP contribution in [-0.4, -0.2) is 52.2 Å². The van der Waals surface area contributed by atoms with E-state index >= 15 is 0 Å². The van der Waals surface area contributed by atoms with Crippen LogP contribution >= 0.6 is 0 Å². The Hall–Kier alpha value is -1.43. The first-order valence-electron chi connectivity index (χ1n) is 8.80. The minimum absolute atomic E-state index is 0.245. The van der Waals surface area contributed by atoms with E-state index < -0.39 is 0 Å². The van der Waals surface area contributed by atoms with Gasteiger partial charge < -0.3 is 18.9 Å². The summed E-state index contributed by atoms with van der Waals surface area (Å²) in [5, 5.41) is 0. The van der Waals surface area contributed by atoms with E-state index in [0.717, 1.165) is 13.0 Å².